The Morgan fingerprint density at radius 2 is 1.72 bits per heavy atom. The zero-order valence-electron chi connectivity index (χ0n) is 18.7. The monoisotopic (exact) mass is 430 g/mol. The maximum Gasteiger partial charge on any atom is 0.203 e. The van der Waals surface area contributed by atoms with E-state index in [1.54, 1.807) is 21.3 Å². The third-order valence-corrected chi connectivity index (χ3v) is 6.39. The first-order chi connectivity index (χ1) is 15.5. The van der Waals surface area contributed by atoms with Crippen molar-refractivity contribution in [2.75, 3.05) is 26.6 Å². The quantitative estimate of drug-likeness (QED) is 0.619. The molecule has 2 aromatic carbocycles. The van der Waals surface area contributed by atoms with E-state index in [-0.39, 0.29) is 11.7 Å². The topological polar surface area (TPSA) is 69.7 Å². The average molecular weight is 431 g/mol. The van der Waals surface area contributed by atoms with E-state index >= 15 is 0 Å². The first-order valence-electron chi connectivity index (χ1n) is 10.8. The molecule has 32 heavy (non-hydrogen) atoms. The zero-order chi connectivity index (χ0) is 22.4. The van der Waals surface area contributed by atoms with Gasteiger partial charge in [-0.05, 0) is 61.2 Å². The number of benzene rings is 2. The number of ether oxygens (including phenoxy) is 3. The highest BCUT2D eigenvalue weighted by atomic mass is 16.5. The molecule has 1 N–H and O–H groups in total. The van der Waals surface area contributed by atoms with Gasteiger partial charge in [-0.2, -0.15) is 0 Å². The fourth-order valence-corrected chi connectivity index (χ4v) is 4.99. The van der Waals surface area contributed by atoms with E-state index in [1.807, 2.05) is 31.2 Å². The van der Waals surface area contributed by atoms with Gasteiger partial charge in [0.2, 0.25) is 5.75 Å². The number of nitrogens with one attached hydrogen (secondary N) is 1. The number of Topliss-reactive ketones (excluding diaryl/α,β-unsaturated/α-hetero) is 1. The Kier molecular flexibility index (Phi) is 5.00. The van der Waals surface area contributed by atoms with E-state index in [0.29, 0.717) is 23.7 Å². The lowest BCUT2D eigenvalue weighted by atomic mass is 9.74. The Bertz CT molecular complexity index is 1250. The number of aryl methyl sites for hydroxylation is 1. The molecule has 0 spiro atoms. The van der Waals surface area contributed by atoms with Crippen molar-refractivity contribution in [1.29, 1.82) is 0 Å². The number of hydrogen-bond donors (Lipinski definition) is 1. The number of rotatable bonds is 4. The summed E-state index contributed by atoms with van der Waals surface area (Å²) in [5.41, 5.74) is 6.69. The Labute approximate surface area is 187 Å². The minimum atomic E-state index is -0.254. The number of fused-ring (bicyclic) bond motifs is 3. The van der Waals surface area contributed by atoms with Crippen molar-refractivity contribution in [3.05, 3.63) is 64.5 Å². The second kappa shape index (κ2) is 7.86. The fraction of sp³-hybridized carbons (Fsp3) is 0.308. The summed E-state index contributed by atoms with van der Waals surface area (Å²) in [6.07, 6.45) is 2.26. The molecule has 1 aliphatic heterocycles. The lowest BCUT2D eigenvalue weighted by molar-refractivity contribution is -0.116. The van der Waals surface area contributed by atoms with Gasteiger partial charge in [-0.1, -0.05) is 6.07 Å². The lowest BCUT2D eigenvalue weighted by Gasteiger charge is -2.35. The smallest absolute Gasteiger partial charge is 0.203 e. The SMILES string of the molecule is COc1cc(C2C3=C(CCCC3=O)Nc3ccc4nc(C)ccc4c32)cc(OC)c1OC. The molecule has 0 saturated heterocycles. The highest BCUT2D eigenvalue weighted by Crippen LogP contribution is 2.50. The molecule has 0 radical (unpaired) electrons. The van der Waals surface area contributed by atoms with Gasteiger partial charge in [0.25, 0.3) is 0 Å². The largest absolute Gasteiger partial charge is 0.493 e. The molecule has 5 rings (SSSR count). The minimum Gasteiger partial charge on any atom is -0.493 e. The first kappa shape index (κ1) is 20.4. The maximum absolute atomic E-state index is 13.2. The van der Waals surface area contributed by atoms with Crippen LogP contribution in [0.3, 0.4) is 0 Å². The molecule has 1 aromatic heterocycles. The summed E-state index contributed by atoms with van der Waals surface area (Å²) in [7, 11) is 4.80. The number of anilines is 1. The zero-order valence-corrected chi connectivity index (χ0v) is 18.7. The molecule has 1 unspecified atom stereocenters. The van der Waals surface area contributed by atoms with Crippen molar-refractivity contribution < 1.29 is 19.0 Å². The van der Waals surface area contributed by atoms with E-state index in [1.165, 1.54) is 0 Å². The molecule has 1 aliphatic carbocycles. The van der Waals surface area contributed by atoms with Crippen LogP contribution in [0.5, 0.6) is 17.2 Å². The normalized spacial score (nSPS) is 17.5. The van der Waals surface area contributed by atoms with E-state index in [0.717, 1.165) is 57.5 Å². The van der Waals surface area contributed by atoms with Gasteiger partial charge in [0.05, 0.1) is 26.8 Å². The average Bonchev–Trinajstić information content (AvgIpc) is 2.81. The number of methoxy groups -OCH3 is 3. The molecule has 0 saturated carbocycles. The van der Waals surface area contributed by atoms with Gasteiger partial charge in [0.1, 0.15) is 0 Å². The van der Waals surface area contributed by atoms with Crippen LogP contribution < -0.4 is 19.5 Å². The van der Waals surface area contributed by atoms with E-state index in [9.17, 15) is 4.79 Å². The van der Waals surface area contributed by atoms with E-state index in [4.69, 9.17) is 19.2 Å². The predicted octanol–water partition coefficient (Wildman–Crippen LogP) is 5.13. The van der Waals surface area contributed by atoms with Gasteiger partial charge < -0.3 is 19.5 Å². The van der Waals surface area contributed by atoms with E-state index in [2.05, 4.69) is 17.4 Å². The van der Waals surface area contributed by atoms with E-state index < -0.39 is 0 Å². The molecule has 1 atom stereocenters. The molecule has 0 fully saturated rings. The number of carbonyl (C=O) groups is 1. The van der Waals surface area contributed by atoms with Crippen molar-refractivity contribution >= 4 is 22.4 Å². The van der Waals surface area contributed by atoms with Gasteiger partial charge in [0, 0.05) is 40.4 Å². The minimum absolute atomic E-state index is 0.181. The first-order valence-corrected chi connectivity index (χ1v) is 10.8. The van der Waals surface area contributed by atoms with Crippen molar-refractivity contribution in [1.82, 2.24) is 4.98 Å². The summed E-state index contributed by atoms with van der Waals surface area (Å²) >= 11 is 0. The molecule has 3 aromatic rings. The second-order valence-corrected chi connectivity index (χ2v) is 8.23. The van der Waals surface area contributed by atoms with Crippen LogP contribution in [0.2, 0.25) is 0 Å². The van der Waals surface area contributed by atoms with Crippen LogP contribution in [0.1, 0.15) is 42.0 Å². The molecule has 2 heterocycles. The Hall–Kier alpha value is -3.54. The summed E-state index contributed by atoms with van der Waals surface area (Å²) in [5.74, 6) is 1.60. The summed E-state index contributed by atoms with van der Waals surface area (Å²) in [6, 6.07) is 12.1. The lowest BCUT2D eigenvalue weighted by Crippen LogP contribution is -2.27. The summed E-state index contributed by atoms with van der Waals surface area (Å²) in [4.78, 5) is 18.0. The van der Waals surface area contributed by atoms with Crippen LogP contribution in [-0.2, 0) is 4.79 Å². The highest BCUT2D eigenvalue weighted by molar-refractivity contribution is 6.03. The van der Waals surface area contributed by atoms with Crippen LogP contribution in [0, 0.1) is 6.92 Å². The van der Waals surface area contributed by atoms with Crippen molar-refractivity contribution in [3.8, 4) is 17.2 Å². The molecular weight excluding hydrogens is 404 g/mol. The molecule has 6 heteroatoms. The Morgan fingerprint density at radius 3 is 2.41 bits per heavy atom. The highest BCUT2D eigenvalue weighted by Gasteiger charge is 2.37. The number of carbonyl (C=O) groups excluding carboxylic acids is 1. The number of hydrogen-bond acceptors (Lipinski definition) is 6. The Morgan fingerprint density at radius 1 is 0.969 bits per heavy atom. The van der Waals surface area contributed by atoms with Crippen molar-refractivity contribution in [2.45, 2.75) is 32.1 Å². The summed E-state index contributed by atoms with van der Waals surface area (Å²) in [6.45, 7) is 1.99. The molecule has 0 bridgehead atoms. The number of ketones is 1. The number of allylic oxidation sites excluding steroid dienone is 2. The summed E-state index contributed by atoms with van der Waals surface area (Å²) < 4.78 is 16.8. The van der Waals surface area contributed by atoms with Crippen molar-refractivity contribution in [3.63, 3.8) is 0 Å². The van der Waals surface area contributed by atoms with Crippen LogP contribution in [0.15, 0.2) is 47.7 Å². The third-order valence-electron chi connectivity index (χ3n) is 6.39. The van der Waals surface area contributed by atoms with Gasteiger partial charge in [-0.25, -0.2) is 0 Å². The van der Waals surface area contributed by atoms with Gasteiger partial charge in [-0.3, -0.25) is 9.78 Å². The third kappa shape index (κ3) is 3.09. The number of nitrogens with zero attached hydrogens (tertiary/aromatic N) is 1. The number of aromatic nitrogens is 1. The fourth-order valence-electron chi connectivity index (χ4n) is 4.99. The maximum atomic E-state index is 13.2. The molecule has 2 aliphatic rings. The molecular formula is C26H26N2O4. The van der Waals surface area contributed by atoms with Gasteiger partial charge in [-0.15, -0.1) is 0 Å². The van der Waals surface area contributed by atoms with Gasteiger partial charge in [0.15, 0.2) is 17.3 Å². The standard InChI is InChI=1S/C26H26N2O4/c1-14-8-9-16-17(27-14)10-11-19-24(16)23(25-18(28-19)6-5-7-20(25)29)15-12-21(30-2)26(32-4)22(13-15)31-3/h8-13,23,28H,5-7H2,1-4H3. The molecule has 0 amide bonds. The van der Waals surface area contributed by atoms with Crippen LogP contribution >= 0.6 is 0 Å². The molecule has 164 valence electrons. The van der Waals surface area contributed by atoms with Crippen molar-refractivity contribution in [2.24, 2.45) is 0 Å². The Balaban J connectivity index is 1.84. The van der Waals surface area contributed by atoms with Crippen LogP contribution in [0.25, 0.3) is 10.9 Å². The number of pyridine rings is 1. The second-order valence-electron chi connectivity index (χ2n) is 8.23. The molecule has 6 nitrogen and oxygen atoms in total. The van der Waals surface area contributed by atoms with Crippen LogP contribution in [-0.4, -0.2) is 32.1 Å². The predicted molar refractivity (Wildman–Crippen MR) is 124 cm³/mol. The summed E-state index contributed by atoms with van der Waals surface area (Å²) in [5, 5.41) is 4.59. The van der Waals surface area contributed by atoms with Gasteiger partial charge >= 0.3 is 0 Å². The van der Waals surface area contributed by atoms with Crippen LogP contribution in [0.4, 0.5) is 5.69 Å².